The monoisotopic (exact) mass is 414 g/mol. The summed E-state index contributed by atoms with van der Waals surface area (Å²) in [7, 11) is 3.87. The molecule has 4 aromatic rings. The molecule has 0 unspecified atom stereocenters. The first kappa shape index (κ1) is 20.2. The average Bonchev–Trinajstić information content (AvgIpc) is 3.28. The van der Waals surface area contributed by atoms with Crippen molar-refractivity contribution >= 4 is 17.3 Å². The third kappa shape index (κ3) is 5.08. The molecule has 0 aliphatic carbocycles. The molecule has 0 saturated heterocycles. The molecule has 0 radical (unpaired) electrons. The highest BCUT2D eigenvalue weighted by Gasteiger charge is 2.10. The first-order valence-electron chi connectivity index (χ1n) is 9.78. The maximum absolute atomic E-state index is 12.5. The number of hydrogen-bond acceptors (Lipinski definition) is 6. The van der Waals surface area contributed by atoms with Gasteiger partial charge in [0, 0.05) is 36.6 Å². The molecular formula is C24H22N4O3. The largest absolute Gasteiger partial charge is 0.484 e. The molecular weight excluding hydrogens is 392 g/mol. The second-order valence-electron chi connectivity index (χ2n) is 7.08. The first-order valence-corrected chi connectivity index (χ1v) is 9.78. The van der Waals surface area contributed by atoms with Crippen LogP contribution in [0.2, 0.25) is 0 Å². The summed E-state index contributed by atoms with van der Waals surface area (Å²) in [5, 5.41) is 11.0. The standard InChI is InChI=1S/C24H22N4O3/c1-28(2)20-10-6-9-18(15-20)23(29)25-19-11-13-21(14-12-19)30-16-22-26-27-24(31-22)17-7-4-3-5-8-17/h3-15H,16H2,1-2H3,(H,25,29). The first-order chi connectivity index (χ1) is 15.1. The predicted octanol–water partition coefficient (Wildman–Crippen LogP) is 4.63. The molecule has 0 aliphatic rings. The van der Waals surface area contributed by atoms with Crippen LogP contribution in [0.3, 0.4) is 0 Å². The van der Waals surface area contributed by atoms with Crippen LogP contribution in [0.25, 0.3) is 11.5 Å². The summed E-state index contributed by atoms with van der Waals surface area (Å²) in [6.07, 6.45) is 0. The Morgan fingerprint density at radius 2 is 1.74 bits per heavy atom. The SMILES string of the molecule is CN(C)c1cccc(C(=O)Nc2ccc(OCc3nnc(-c4ccccc4)o3)cc2)c1. The van der Waals surface area contributed by atoms with E-state index in [0.29, 0.717) is 28.8 Å². The van der Waals surface area contributed by atoms with Crippen molar-refractivity contribution in [1.29, 1.82) is 0 Å². The van der Waals surface area contributed by atoms with Crippen molar-refractivity contribution in [3.8, 4) is 17.2 Å². The lowest BCUT2D eigenvalue weighted by molar-refractivity contribution is 0.102. The van der Waals surface area contributed by atoms with E-state index in [2.05, 4.69) is 15.5 Å². The Kier molecular flexibility index (Phi) is 5.93. The van der Waals surface area contributed by atoms with E-state index in [0.717, 1.165) is 11.3 Å². The van der Waals surface area contributed by atoms with Crippen molar-refractivity contribution in [2.45, 2.75) is 6.61 Å². The van der Waals surface area contributed by atoms with Crippen molar-refractivity contribution in [1.82, 2.24) is 10.2 Å². The van der Waals surface area contributed by atoms with Gasteiger partial charge in [0.1, 0.15) is 5.75 Å². The predicted molar refractivity (Wildman–Crippen MR) is 119 cm³/mol. The number of ether oxygens (including phenoxy) is 1. The molecule has 0 fully saturated rings. The van der Waals surface area contributed by atoms with Crippen LogP contribution in [-0.2, 0) is 6.61 Å². The highest BCUT2D eigenvalue weighted by atomic mass is 16.5. The summed E-state index contributed by atoms with van der Waals surface area (Å²) in [6, 6.07) is 24.1. The van der Waals surface area contributed by atoms with E-state index in [9.17, 15) is 4.79 Å². The van der Waals surface area contributed by atoms with Gasteiger partial charge in [-0.2, -0.15) is 0 Å². The van der Waals surface area contributed by atoms with Crippen LogP contribution in [-0.4, -0.2) is 30.2 Å². The van der Waals surface area contributed by atoms with E-state index in [1.807, 2.05) is 67.5 Å². The zero-order chi connectivity index (χ0) is 21.6. The molecule has 7 nitrogen and oxygen atoms in total. The maximum Gasteiger partial charge on any atom is 0.255 e. The minimum absolute atomic E-state index is 0.156. The normalized spacial score (nSPS) is 10.5. The van der Waals surface area contributed by atoms with Crippen molar-refractivity contribution in [2.75, 3.05) is 24.3 Å². The number of nitrogens with one attached hydrogen (secondary N) is 1. The van der Waals surface area contributed by atoms with Gasteiger partial charge in [0.2, 0.25) is 5.89 Å². The van der Waals surface area contributed by atoms with Gasteiger partial charge in [-0.15, -0.1) is 10.2 Å². The van der Waals surface area contributed by atoms with Gasteiger partial charge in [-0.1, -0.05) is 24.3 Å². The van der Waals surface area contributed by atoms with Gasteiger partial charge in [-0.25, -0.2) is 0 Å². The molecule has 0 saturated carbocycles. The van der Waals surface area contributed by atoms with Crippen molar-refractivity contribution < 1.29 is 13.9 Å². The van der Waals surface area contributed by atoms with E-state index in [1.165, 1.54) is 0 Å². The lowest BCUT2D eigenvalue weighted by Gasteiger charge is -2.13. The number of carbonyl (C=O) groups excluding carboxylic acids is 1. The number of amides is 1. The topological polar surface area (TPSA) is 80.5 Å². The fourth-order valence-electron chi connectivity index (χ4n) is 2.92. The van der Waals surface area contributed by atoms with E-state index >= 15 is 0 Å². The molecule has 0 bridgehead atoms. The molecule has 0 aliphatic heterocycles. The number of nitrogens with zero attached hydrogens (tertiary/aromatic N) is 3. The van der Waals surface area contributed by atoms with Crippen molar-refractivity contribution in [2.24, 2.45) is 0 Å². The maximum atomic E-state index is 12.5. The van der Waals surface area contributed by atoms with Crippen LogP contribution in [0.4, 0.5) is 11.4 Å². The zero-order valence-corrected chi connectivity index (χ0v) is 17.3. The number of carbonyl (C=O) groups is 1. The fraction of sp³-hybridized carbons (Fsp3) is 0.125. The van der Waals surface area contributed by atoms with E-state index < -0.39 is 0 Å². The van der Waals surface area contributed by atoms with E-state index in [4.69, 9.17) is 9.15 Å². The van der Waals surface area contributed by atoms with Crippen LogP contribution in [0.5, 0.6) is 5.75 Å². The molecule has 1 amide bonds. The van der Waals surface area contributed by atoms with Gasteiger partial charge >= 0.3 is 0 Å². The Hall–Kier alpha value is -4.13. The number of aromatic nitrogens is 2. The summed E-state index contributed by atoms with van der Waals surface area (Å²) in [5.41, 5.74) is 3.10. The number of rotatable bonds is 7. The Labute approximate surface area is 180 Å². The lowest BCUT2D eigenvalue weighted by Crippen LogP contribution is -2.14. The zero-order valence-electron chi connectivity index (χ0n) is 17.3. The lowest BCUT2D eigenvalue weighted by atomic mass is 10.1. The average molecular weight is 414 g/mol. The quantitative estimate of drug-likeness (QED) is 0.475. The third-order valence-corrected chi connectivity index (χ3v) is 4.59. The van der Waals surface area contributed by atoms with Gasteiger partial charge in [0.15, 0.2) is 6.61 Å². The highest BCUT2D eigenvalue weighted by Crippen LogP contribution is 2.21. The number of benzene rings is 3. The number of anilines is 2. The molecule has 0 atom stereocenters. The molecule has 7 heteroatoms. The van der Waals surface area contributed by atoms with Crippen molar-refractivity contribution in [3.63, 3.8) is 0 Å². The van der Waals surface area contributed by atoms with Gasteiger partial charge in [0.25, 0.3) is 11.8 Å². The molecule has 1 N–H and O–H groups in total. The minimum Gasteiger partial charge on any atom is -0.484 e. The van der Waals surface area contributed by atoms with Crippen LogP contribution in [0.1, 0.15) is 16.2 Å². The van der Waals surface area contributed by atoms with Gasteiger partial charge in [-0.3, -0.25) is 4.79 Å². The molecule has 0 spiro atoms. The molecule has 1 aromatic heterocycles. The minimum atomic E-state index is -0.170. The third-order valence-electron chi connectivity index (χ3n) is 4.59. The van der Waals surface area contributed by atoms with E-state index in [-0.39, 0.29) is 12.5 Å². The van der Waals surface area contributed by atoms with Crippen LogP contribution in [0, 0.1) is 0 Å². The molecule has 4 rings (SSSR count). The second-order valence-corrected chi connectivity index (χ2v) is 7.08. The second kappa shape index (κ2) is 9.13. The van der Waals surface area contributed by atoms with Gasteiger partial charge in [-0.05, 0) is 54.6 Å². The van der Waals surface area contributed by atoms with Gasteiger partial charge in [0.05, 0.1) is 0 Å². The molecule has 31 heavy (non-hydrogen) atoms. The van der Waals surface area contributed by atoms with Crippen LogP contribution in [0.15, 0.2) is 83.3 Å². The van der Waals surface area contributed by atoms with E-state index in [1.54, 1.807) is 30.3 Å². The smallest absolute Gasteiger partial charge is 0.255 e. The summed E-state index contributed by atoms with van der Waals surface area (Å²) in [4.78, 5) is 14.5. The summed E-state index contributed by atoms with van der Waals surface area (Å²) < 4.78 is 11.3. The Morgan fingerprint density at radius 1 is 0.968 bits per heavy atom. The summed E-state index contributed by atoms with van der Waals surface area (Å²) in [6.45, 7) is 0.156. The Morgan fingerprint density at radius 3 is 2.48 bits per heavy atom. The fourth-order valence-corrected chi connectivity index (χ4v) is 2.92. The van der Waals surface area contributed by atoms with Gasteiger partial charge < -0.3 is 19.4 Å². The van der Waals surface area contributed by atoms with Crippen LogP contribution >= 0.6 is 0 Å². The molecule has 1 heterocycles. The highest BCUT2D eigenvalue weighted by molar-refractivity contribution is 6.04. The Bertz CT molecular complexity index is 1150. The molecule has 156 valence electrons. The summed E-state index contributed by atoms with van der Waals surface area (Å²) >= 11 is 0. The number of hydrogen-bond donors (Lipinski definition) is 1. The van der Waals surface area contributed by atoms with Crippen molar-refractivity contribution in [3.05, 3.63) is 90.3 Å². The molecule has 3 aromatic carbocycles. The summed E-state index contributed by atoms with van der Waals surface area (Å²) in [5.74, 6) is 1.30. The van der Waals surface area contributed by atoms with Crippen LogP contribution < -0.4 is 15.0 Å². The Balaban J connectivity index is 1.34.